The minimum atomic E-state index is 0.553. The van der Waals surface area contributed by atoms with Crippen LogP contribution in [0.2, 0.25) is 0 Å². The first-order chi connectivity index (χ1) is 8.25. The summed E-state index contributed by atoms with van der Waals surface area (Å²) in [4.78, 5) is 4.37. The van der Waals surface area contributed by atoms with Crippen LogP contribution in [0.5, 0.6) is 0 Å². The van der Waals surface area contributed by atoms with Crippen LogP contribution in [0, 0.1) is 11.8 Å². The highest BCUT2D eigenvalue weighted by Gasteiger charge is 2.18. The molecule has 1 atom stereocenters. The molecule has 0 radical (unpaired) electrons. The molecule has 0 spiro atoms. The van der Waals surface area contributed by atoms with Crippen molar-refractivity contribution in [1.29, 1.82) is 0 Å². The monoisotopic (exact) mass is 252 g/mol. The number of thiazole rings is 1. The number of rotatable bonds is 5. The van der Waals surface area contributed by atoms with E-state index in [9.17, 15) is 0 Å². The molecule has 0 aliphatic heterocycles. The normalized spacial score (nSPS) is 26.9. The van der Waals surface area contributed by atoms with E-state index in [1.165, 1.54) is 37.2 Å². The van der Waals surface area contributed by atoms with E-state index < -0.39 is 0 Å². The van der Waals surface area contributed by atoms with E-state index in [1.54, 1.807) is 11.3 Å². The lowest BCUT2D eigenvalue weighted by Gasteiger charge is -2.26. The number of nitrogens with one attached hydrogen (secondary N) is 1. The molecule has 1 fully saturated rings. The van der Waals surface area contributed by atoms with E-state index in [1.807, 2.05) is 6.20 Å². The Morgan fingerprint density at radius 1 is 1.41 bits per heavy atom. The molecule has 2 nitrogen and oxygen atoms in total. The van der Waals surface area contributed by atoms with Gasteiger partial charge in [-0.15, -0.1) is 11.3 Å². The summed E-state index contributed by atoms with van der Waals surface area (Å²) in [7, 11) is 0. The number of aromatic nitrogens is 1. The number of hydrogen-bond donors (Lipinski definition) is 1. The molecule has 0 saturated heterocycles. The van der Waals surface area contributed by atoms with E-state index in [4.69, 9.17) is 0 Å². The lowest BCUT2D eigenvalue weighted by Crippen LogP contribution is -2.28. The van der Waals surface area contributed by atoms with E-state index in [0.29, 0.717) is 5.92 Å². The van der Waals surface area contributed by atoms with Crippen LogP contribution in [0.3, 0.4) is 0 Å². The van der Waals surface area contributed by atoms with Gasteiger partial charge < -0.3 is 5.32 Å². The van der Waals surface area contributed by atoms with E-state index in [-0.39, 0.29) is 0 Å². The minimum Gasteiger partial charge on any atom is -0.316 e. The Morgan fingerprint density at radius 2 is 2.18 bits per heavy atom. The SMILES string of the molecule is CC1CCC(CNCC(C)c2nccs2)CC1. The standard InChI is InChI=1S/C14H24N2S/c1-11-3-5-13(6-4-11)10-15-9-12(2)14-16-7-8-17-14/h7-8,11-13,15H,3-6,9-10H2,1-2H3. The van der Waals surface area contributed by atoms with Crippen molar-refractivity contribution in [2.24, 2.45) is 11.8 Å². The fourth-order valence-corrected chi connectivity index (χ4v) is 3.30. The molecular weight excluding hydrogens is 228 g/mol. The number of nitrogens with zero attached hydrogens (tertiary/aromatic N) is 1. The van der Waals surface area contributed by atoms with E-state index in [0.717, 1.165) is 18.4 Å². The van der Waals surface area contributed by atoms with Gasteiger partial charge in [0.1, 0.15) is 0 Å². The highest BCUT2D eigenvalue weighted by Crippen LogP contribution is 2.27. The van der Waals surface area contributed by atoms with Gasteiger partial charge in [0, 0.05) is 24.0 Å². The molecule has 3 heteroatoms. The van der Waals surface area contributed by atoms with Gasteiger partial charge in [-0.1, -0.05) is 26.7 Å². The molecule has 0 aromatic carbocycles. The maximum atomic E-state index is 4.37. The molecule has 1 saturated carbocycles. The predicted octanol–water partition coefficient (Wildman–Crippen LogP) is 3.66. The van der Waals surface area contributed by atoms with Crippen molar-refractivity contribution in [2.45, 2.75) is 45.4 Å². The lowest BCUT2D eigenvalue weighted by atomic mass is 9.83. The molecule has 0 bridgehead atoms. The molecule has 1 unspecified atom stereocenters. The summed E-state index contributed by atoms with van der Waals surface area (Å²) in [5.41, 5.74) is 0. The second-order valence-electron chi connectivity index (χ2n) is 5.56. The molecule has 17 heavy (non-hydrogen) atoms. The molecule has 1 aromatic heterocycles. The third-order valence-corrected chi connectivity index (χ3v) is 4.90. The molecular formula is C14H24N2S. The molecule has 96 valence electrons. The third-order valence-electron chi connectivity index (χ3n) is 3.89. The summed E-state index contributed by atoms with van der Waals surface area (Å²) >= 11 is 1.77. The first-order valence-electron chi connectivity index (χ1n) is 6.85. The average Bonchev–Trinajstić information content (AvgIpc) is 2.85. The summed E-state index contributed by atoms with van der Waals surface area (Å²) in [6, 6.07) is 0. The van der Waals surface area contributed by atoms with Crippen molar-refractivity contribution < 1.29 is 0 Å². The quantitative estimate of drug-likeness (QED) is 0.865. The second kappa shape index (κ2) is 6.50. The van der Waals surface area contributed by atoms with Crippen LogP contribution < -0.4 is 5.32 Å². The Labute approximate surface area is 109 Å². The van der Waals surface area contributed by atoms with Crippen molar-refractivity contribution in [1.82, 2.24) is 10.3 Å². The fourth-order valence-electron chi connectivity index (χ4n) is 2.60. The number of hydrogen-bond acceptors (Lipinski definition) is 3. The van der Waals surface area contributed by atoms with Gasteiger partial charge in [0.05, 0.1) is 5.01 Å². The van der Waals surface area contributed by atoms with Crippen LogP contribution in [-0.2, 0) is 0 Å². The topological polar surface area (TPSA) is 24.9 Å². The van der Waals surface area contributed by atoms with E-state index >= 15 is 0 Å². The Morgan fingerprint density at radius 3 is 2.82 bits per heavy atom. The first-order valence-corrected chi connectivity index (χ1v) is 7.73. The van der Waals surface area contributed by atoms with Gasteiger partial charge in [-0.25, -0.2) is 4.98 Å². The second-order valence-corrected chi connectivity index (χ2v) is 6.48. The van der Waals surface area contributed by atoms with Crippen molar-refractivity contribution in [2.75, 3.05) is 13.1 Å². The highest BCUT2D eigenvalue weighted by molar-refractivity contribution is 7.09. The lowest BCUT2D eigenvalue weighted by molar-refractivity contribution is 0.281. The summed E-state index contributed by atoms with van der Waals surface area (Å²) in [6.07, 6.45) is 7.58. The maximum absolute atomic E-state index is 4.37. The van der Waals surface area contributed by atoms with Crippen LogP contribution in [0.4, 0.5) is 0 Å². The Balaban J connectivity index is 1.63. The molecule has 1 aliphatic rings. The van der Waals surface area contributed by atoms with Gasteiger partial charge >= 0.3 is 0 Å². The van der Waals surface area contributed by atoms with Gasteiger partial charge in [0.15, 0.2) is 0 Å². The summed E-state index contributed by atoms with van der Waals surface area (Å²) in [6.45, 7) is 6.91. The highest BCUT2D eigenvalue weighted by atomic mass is 32.1. The van der Waals surface area contributed by atoms with Crippen LogP contribution in [0.15, 0.2) is 11.6 Å². The molecule has 2 rings (SSSR count). The van der Waals surface area contributed by atoms with Crippen molar-refractivity contribution >= 4 is 11.3 Å². The summed E-state index contributed by atoms with van der Waals surface area (Å²) in [5, 5.41) is 6.95. The Hall–Kier alpha value is -0.410. The third kappa shape index (κ3) is 4.07. The Bertz CT molecular complexity index is 302. The maximum Gasteiger partial charge on any atom is 0.0965 e. The predicted molar refractivity (Wildman–Crippen MR) is 74.5 cm³/mol. The van der Waals surface area contributed by atoms with Gasteiger partial charge in [-0.2, -0.15) is 0 Å². The molecule has 1 heterocycles. The van der Waals surface area contributed by atoms with Crippen molar-refractivity contribution in [3.63, 3.8) is 0 Å². The minimum absolute atomic E-state index is 0.553. The Kier molecular flexibility index (Phi) is 4.99. The molecule has 0 amide bonds. The van der Waals surface area contributed by atoms with Crippen molar-refractivity contribution in [3.05, 3.63) is 16.6 Å². The zero-order valence-corrected chi connectivity index (χ0v) is 11.8. The van der Waals surface area contributed by atoms with Gasteiger partial charge in [0.25, 0.3) is 0 Å². The largest absolute Gasteiger partial charge is 0.316 e. The molecule has 1 aromatic rings. The summed E-state index contributed by atoms with van der Waals surface area (Å²) in [5.74, 6) is 2.42. The summed E-state index contributed by atoms with van der Waals surface area (Å²) < 4.78 is 0. The van der Waals surface area contributed by atoms with Gasteiger partial charge in [-0.3, -0.25) is 0 Å². The van der Waals surface area contributed by atoms with Crippen LogP contribution >= 0.6 is 11.3 Å². The zero-order valence-electron chi connectivity index (χ0n) is 11.0. The van der Waals surface area contributed by atoms with Crippen LogP contribution in [-0.4, -0.2) is 18.1 Å². The first kappa shape index (κ1) is 13.0. The van der Waals surface area contributed by atoms with Gasteiger partial charge in [-0.05, 0) is 31.2 Å². The van der Waals surface area contributed by atoms with Crippen molar-refractivity contribution in [3.8, 4) is 0 Å². The average molecular weight is 252 g/mol. The molecule has 1 N–H and O–H groups in total. The van der Waals surface area contributed by atoms with Crippen LogP contribution in [0.1, 0.15) is 50.5 Å². The fraction of sp³-hybridized carbons (Fsp3) is 0.786. The van der Waals surface area contributed by atoms with Gasteiger partial charge in [0.2, 0.25) is 0 Å². The zero-order chi connectivity index (χ0) is 12.1. The van der Waals surface area contributed by atoms with Crippen LogP contribution in [0.25, 0.3) is 0 Å². The smallest absolute Gasteiger partial charge is 0.0965 e. The molecule has 1 aliphatic carbocycles. The van der Waals surface area contributed by atoms with E-state index in [2.05, 4.69) is 29.5 Å².